The van der Waals surface area contributed by atoms with Gasteiger partial charge in [-0.2, -0.15) is 0 Å². The molecule has 1 aliphatic heterocycles. The molecule has 1 aromatic heterocycles. The van der Waals surface area contributed by atoms with Crippen molar-refractivity contribution in [2.45, 2.75) is 83.5 Å². The highest BCUT2D eigenvalue weighted by molar-refractivity contribution is 5.98. The van der Waals surface area contributed by atoms with E-state index in [9.17, 15) is 14.4 Å². The van der Waals surface area contributed by atoms with Crippen LogP contribution in [-0.4, -0.2) is 55.0 Å². The van der Waals surface area contributed by atoms with Gasteiger partial charge in [0.2, 0.25) is 6.79 Å². The van der Waals surface area contributed by atoms with Crippen LogP contribution >= 0.6 is 0 Å². The number of benzene rings is 1. The van der Waals surface area contributed by atoms with Crippen LogP contribution in [-0.2, 0) is 19.1 Å². The summed E-state index contributed by atoms with van der Waals surface area (Å²) in [6, 6.07) is 10.3. The van der Waals surface area contributed by atoms with Gasteiger partial charge in [-0.25, -0.2) is 9.78 Å². The van der Waals surface area contributed by atoms with Crippen LogP contribution in [0.15, 0.2) is 42.6 Å². The molecule has 1 N–H and O–H groups in total. The Morgan fingerprint density at radius 1 is 1.05 bits per heavy atom. The van der Waals surface area contributed by atoms with Crippen molar-refractivity contribution in [2.24, 2.45) is 11.8 Å². The minimum Gasteiger partial charge on any atom is -0.493 e. The van der Waals surface area contributed by atoms with E-state index in [1.807, 2.05) is 37.3 Å². The molecule has 0 radical (unpaired) electrons. The molecule has 0 spiro atoms. The quantitative estimate of drug-likeness (QED) is 0.317. The van der Waals surface area contributed by atoms with Crippen LogP contribution in [0, 0.1) is 11.8 Å². The number of hydrogen-bond donors (Lipinski definition) is 1. The van der Waals surface area contributed by atoms with Gasteiger partial charge in [-0.05, 0) is 50.2 Å². The third kappa shape index (κ3) is 8.34. The first-order valence-corrected chi connectivity index (χ1v) is 14.4. The highest BCUT2D eigenvalue weighted by Crippen LogP contribution is 2.36. The standard InChI is InChI=1S/C31H40N2O8/c1-20-28(41-24-13-5-4-6-14-24)23(18-22-10-7-8-11-22)12-9-15-25(31(36)40-20)33-30(35)27-29(39-19-38-21(2)34)26(37-3)16-17-32-27/h4-6,13-14,16-17,20,22-23,25,28H,7-12,15,18-19H2,1-3H3,(H,33,35)/t20-,23+,25-,28-/m0/s1. The topological polar surface area (TPSA) is 122 Å². The van der Waals surface area contributed by atoms with Crippen LogP contribution in [0.1, 0.15) is 75.7 Å². The number of amides is 1. The smallest absolute Gasteiger partial charge is 0.329 e. The molecule has 1 saturated carbocycles. The Labute approximate surface area is 241 Å². The summed E-state index contributed by atoms with van der Waals surface area (Å²) in [5.41, 5.74) is -0.0957. The van der Waals surface area contributed by atoms with Crippen molar-refractivity contribution in [1.29, 1.82) is 0 Å². The largest absolute Gasteiger partial charge is 0.493 e. The van der Waals surface area contributed by atoms with E-state index >= 15 is 0 Å². The number of ether oxygens (including phenoxy) is 5. The minimum atomic E-state index is -0.887. The highest BCUT2D eigenvalue weighted by atomic mass is 16.7. The number of esters is 2. The summed E-state index contributed by atoms with van der Waals surface area (Å²) < 4.78 is 28.1. The van der Waals surface area contributed by atoms with E-state index in [1.54, 1.807) is 0 Å². The fraction of sp³-hybridized carbons (Fsp3) is 0.548. The summed E-state index contributed by atoms with van der Waals surface area (Å²) in [4.78, 5) is 42.1. The van der Waals surface area contributed by atoms with Gasteiger partial charge in [-0.3, -0.25) is 9.59 Å². The monoisotopic (exact) mass is 568 g/mol. The van der Waals surface area contributed by atoms with Crippen molar-refractivity contribution in [1.82, 2.24) is 10.3 Å². The van der Waals surface area contributed by atoms with Gasteiger partial charge >= 0.3 is 11.9 Å². The zero-order valence-corrected chi connectivity index (χ0v) is 24.0. The number of para-hydroxylation sites is 1. The van der Waals surface area contributed by atoms with E-state index in [0.717, 1.165) is 18.6 Å². The third-order valence-electron chi connectivity index (χ3n) is 7.78. The average molecular weight is 569 g/mol. The Kier molecular flexibility index (Phi) is 10.8. The molecule has 10 nitrogen and oxygen atoms in total. The predicted octanol–water partition coefficient (Wildman–Crippen LogP) is 4.85. The Balaban J connectivity index is 1.51. The molecule has 2 fully saturated rings. The molecule has 10 heteroatoms. The summed E-state index contributed by atoms with van der Waals surface area (Å²) >= 11 is 0. The van der Waals surface area contributed by atoms with E-state index in [1.165, 1.54) is 52.0 Å². The minimum absolute atomic E-state index is 0.00602. The maximum absolute atomic E-state index is 13.4. The number of hydrogen-bond acceptors (Lipinski definition) is 9. The lowest BCUT2D eigenvalue weighted by atomic mass is 9.83. The fourth-order valence-corrected chi connectivity index (χ4v) is 5.78. The fourth-order valence-electron chi connectivity index (χ4n) is 5.78. The Morgan fingerprint density at radius 3 is 2.51 bits per heavy atom. The Morgan fingerprint density at radius 2 is 1.80 bits per heavy atom. The van der Waals surface area contributed by atoms with Gasteiger partial charge in [0.05, 0.1) is 7.11 Å². The number of carbonyl (C=O) groups excluding carboxylic acids is 3. The van der Waals surface area contributed by atoms with Crippen LogP contribution in [0.2, 0.25) is 0 Å². The van der Waals surface area contributed by atoms with Gasteiger partial charge in [0.25, 0.3) is 5.91 Å². The Bertz CT molecular complexity index is 1170. The van der Waals surface area contributed by atoms with Gasteiger partial charge in [0.1, 0.15) is 24.0 Å². The van der Waals surface area contributed by atoms with Crippen molar-refractivity contribution in [2.75, 3.05) is 13.9 Å². The van der Waals surface area contributed by atoms with Gasteiger partial charge in [0.15, 0.2) is 17.2 Å². The number of nitrogens with one attached hydrogen (secondary N) is 1. The molecule has 1 amide bonds. The SMILES string of the molecule is COc1ccnc(C(=O)N[C@H]2CCC[C@H](CC3CCCC3)[C@@H](Oc3ccccc3)[C@H](C)OC2=O)c1OCOC(C)=O. The molecule has 41 heavy (non-hydrogen) atoms. The van der Waals surface area contributed by atoms with E-state index in [-0.39, 0.29) is 29.2 Å². The second-order valence-corrected chi connectivity index (χ2v) is 10.7. The zero-order chi connectivity index (χ0) is 29.2. The number of carbonyl (C=O) groups is 3. The molecule has 4 atom stereocenters. The summed E-state index contributed by atoms with van der Waals surface area (Å²) in [7, 11) is 1.42. The molecule has 2 aliphatic rings. The molecule has 2 aromatic rings. The van der Waals surface area contributed by atoms with E-state index in [2.05, 4.69) is 10.3 Å². The molecular weight excluding hydrogens is 528 g/mol. The van der Waals surface area contributed by atoms with Crippen LogP contribution in [0.5, 0.6) is 17.2 Å². The van der Waals surface area contributed by atoms with E-state index in [0.29, 0.717) is 18.8 Å². The maximum atomic E-state index is 13.4. The lowest BCUT2D eigenvalue weighted by Gasteiger charge is -2.33. The molecule has 2 heterocycles. The van der Waals surface area contributed by atoms with Crippen LogP contribution in [0.3, 0.4) is 0 Å². The second-order valence-electron chi connectivity index (χ2n) is 10.7. The van der Waals surface area contributed by atoms with E-state index < -0.39 is 36.8 Å². The third-order valence-corrected chi connectivity index (χ3v) is 7.78. The van der Waals surface area contributed by atoms with Crippen molar-refractivity contribution >= 4 is 17.8 Å². The molecule has 4 rings (SSSR count). The predicted molar refractivity (Wildman–Crippen MR) is 150 cm³/mol. The van der Waals surface area contributed by atoms with E-state index in [4.69, 9.17) is 23.7 Å². The number of pyridine rings is 1. The summed E-state index contributed by atoms with van der Waals surface area (Å²) in [6.07, 6.45) is 8.49. The molecular formula is C31H40N2O8. The average Bonchev–Trinajstić information content (AvgIpc) is 3.49. The first-order valence-electron chi connectivity index (χ1n) is 14.4. The van der Waals surface area contributed by atoms with Gasteiger partial charge < -0.3 is 29.0 Å². The second kappa shape index (κ2) is 14.7. The summed E-state index contributed by atoms with van der Waals surface area (Å²) in [5, 5.41) is 2.78. The normalized spacial score (nSPS) is 23.3. The zero-order valence-electron chi connectivity index (χ0n) is 24.0. The number of nitrogens with zero attached hydrogens (tertiary/aromatic N) is 1. The van der Waals surface area contributed by atoms with Crippen LogP contribution < -0.4 is 19.5 Å². The highest BCUT2D eigenvalue weighted by Gasteiger charge is 2.37. The number of aromatic nitrogens is 1. The van der Waals surface area contributed by atoms with Crippen LogP contribution in [0.4, 0.5) is 0 Å². The van der Waals surface area contributed by atoms with Crippen LogP contribution in [0.25, 0.3) is 0 Å². The first-order chi connectivity index (χ1) is 19.9. The number of methoxy groups -OCH3 is 1. The van der Waals surface area contributed by atoms with Crippen molar-refractivity contribution < 1.29 is 38.1 Å². The number of rotatable bonds is 10. The maximum Gasteiger partial charge on any atom is 0.329 e. The molecule has 0 unspecified atom stereocenters. The van der Waals surface area contributed by atoms with Gasteiger partial charge in [-0.1, -0.05) is 50.3 Å². The number of cyclic esters (lactones) is 1. The summed E-state index contributed by atoms with van der Waals surface area (Å²) in [6.45, 7) is 2.68. The first kappa shape index (κ1) is 30.1. The molecule has 1 aromatic carbocycles. The molecule has 1 saturated heterocycles. The molecule has 1 aliphatic carbocycles. The van der Waals surface area contributed by atoms with Crippen molar-refractivity contribution in [3.05, 3.63) is 48.3 Å². The molecule has 222 valence electrons. The van der Waals surface area contributed by atoms with Gasteiger partial charge in [-0.15, -0.1) is 0 Å². The molecule has 0 bridgehead atoms. The van der Waals surface area contributed by atoms with Crippen molar-refractivity contribution in [3.8, 4) is 17.2 Å². The Hall–Kier alpha value is -3.82. The van der Waals surface area contributed by atoms with Crippen molar-refractivity contribution in [3.63, 3.8) is 0 Å². The lowest BCUT2D eigenvalue weighted by molar-refractivity contribution is -0.156. The lowest BCUT2D eigenvalue weighted by Crippen LogP contribution is -2.45. The summed E-state index contributed by atoms with van der Waals surface area (Å²) in [5.74, 6) is 0.135. The van der Waals surface area contributed by atoms with Gasteiger partial charge in [0, 0.05) is 19.2 Å².